The number of ether oxygens (including phenoxy) is 2. The first-order valence-corrected chi connectivity index (χ1v) is 12.4. The lowest BCUT2D eigenvalue weighted by Crippen LogP contribution is -2.61. The zero-order valence-electron chi connectivity index (χ0n) is 19.5. The molecule has 1 aliphatic carbocycles. The highest BCUT2D eigenvalue weighted by Gasteiger charge is 2.46. The average Bonchev–Trinajstić information content (AvgIpc) is 2.83. The number of amides is 2. The number of likely N-dealkylation sites (tertiary alicyclic amines) is 1. The van der Waals surface area contributed by atoms with Gasteiger partial charge < -0.3 is 19.7 Å². The van der Waals surface area contributed by atoms with Gasteiger partial charge in [0.05, 0.1) is 20.3 Å². The zero-order valence-corrected chi connectivity index (χ0v) is 19.5. The van der Waals surface area contributed by atoms with Crippen molar-refractivity contribution in [2.75, 3.05) is 40.4 Å². The minimum atomic E-state index is 0.0975. The minimum absolute atomic E-state index is 0.0975. The summed E-state index contributed by atoms with van der Waals surface area (Å²) in [5.41, 5.74) is 2.67. The molecule has 0 aromatic heterocycles. The fourth-order valence-electron chi connectivity index (χ4n) is 6.65. The van der Waals surface area contributed by atoms with Crippen LogP contribution in [0.25, 0.3) is 0 Å². The van der Waals surface area contributed by atoms with Gasteiger partial charge in [0.15, 0.2) is 11.5 Å². The summed E-state index contributed by atoms with van der Waals surface area (Å²) in [4.78, 5) is 18.1. The predicted molar refractivity (Wildman–Crippen MR) is 125 cm³/mol. The molecule has 6 nitrogen and oxygen atoms in total. The number of fused-ring (bicyclic) bond motifs is 6. The second-order valence-electron chi connectivity index (χ2n) is 9.87. The lowest BCUT2D eigenvalue weighted by molar-refractivity contribution is 0.00793. The van der Waals surface area contributed by atoms with Gasteiger partial charge in [-0.1, -0.05) is 24.1 Å². The molecule has 3 heterocycles. The fraction of sp³-hybridized carbons (Fsp3) is 0.654. The van der Waals surface area contributed by atoms with Crippen molar-refractivity contribution in [2.45, 2.75) is 57.0 Å². The van der Waals surface area contributed by atoms with E-state index in [1.807, 2.05) is 18.2 Å². The number of hydrogen-bond acceptors (Lipinski definition) is 4. The smallest absolute Gasteiger partial charge is 0.317 e. The maximum Gasteiger partial charge on any atom is 0.317 e. The van der Waals surface area contributed by atoms with Crippen LogP contribution in [-0.2, 0) is 6.42 Å². The molecule has 3 aliphatic heterocycles. The predicted octanol–water partition coefficient (Wildman–Crippen LogP) is 3.85. The number of rotatable bonds is 5. The molecule has 3 saturated heterocycles. The molecule has 3 fully saturated rings. The summed E-state index contributed by atoms with van der Waals surface area (Å²) in [6.07, 6.45) is 10.9. The Balaban J connectivity index is 1.23. The van der Waals surface area contributed by atoms with Crippen molar-refractivity contribution in [1.82, 2.24) is 15.1 Å². The molecule has 2 bridgehead atoms. The molecule has 2 amide bonds. The van der Waals surface area contributed by atoms with E-state index in [4.69, 9.17) is 9.47 Å². The molecule has 0 radical (unpaired) electrons. The first-order valence-electron chi connectivity index (χ1n) is 12.4. The fourth-order valence-corrected chi connectivity index (χ4v) is 6.65. The third kappa shape index (κ3) is 4.09. The van der Waals surface area contributed by atoms with Gasteiger partial charge in [-0.15, -0.1) is 0 Å². The Hall–Kier alpha value is -2.21. The Kier molecular flexibility index (Phi) is 6.31. The van der Waals surface area contributed by atoms with E-state index in [9.17, 15) is 4.79 Å². The molecule has 6 heteroatoms. The van der Waals surface area contributed by atoms with Crippen LogP contribution in [0.1, 0.15) is 44.1 Å². The number of benzene rings is 1. The molecule has 4 aliphatic rings. The summed E-state index contributed by atoms with van der Waals surface area (Å²) in [6.45, 7) is 3.90. The highest BCUT2D eigenvalue weighted by molar-refractivity contribution is 5.75. The number of hydrogen-bond donors (Lipinski definition) is 1. The summed E-state index contributed by atoms with van der Waals surface area (Å²) in [5, 5.41) is 3.20. The Bertz CT molecular complexity index is 870. The quantitative estimate of drug-likeness (QED) is 0.708. The summed E-state index contributed by atoms with van der Waals surface area (Å²) >= 11 is 0. The van der Waals surface area contributed by atoms with E-state index in [0.29, 0.717) is 24.4 Å². The topological polar surface area (TPSA) is 54.0 Å². The molecular formula is C26H37N3O3. The van der Waals surface area contributed by atoms with E-state index in [1.54, 1.807) is 14.2 Å². The van der Waals surface area contributed by atoms with Gasteiger partial charge in [0.2, 0.25) is 0 Å². The van der Waals surface area contributed by atoms with Crippen LogP contribution >= 0.6 is 0 Å². The van der Waals surface area contributed by atoms with Crippen molar-refractivity contribution >= 4 is 6.03 Å². The van der Waals surface area contributed by atoms with Crippen LogP contribution in [0.2, 0.25) is 0 Å². The summed E-state index contributed by atoms with van der Waals surface area (Å²) in [6, 6.07) is 7.09. The van der Waals surface area contributed by atoms with E-state index < -0.39 is 0 Å². The Labute approximate surface area is 191 Å². The second-order valence-corrected chi connectivity index (χ2v) is 9.87. The molecule has 1 aromatic rings. The molecule has 174 valence electrons. The van der Waals surface area contributed by atoms with Crippen molar-refractivity contribution in [1.29, 1.82) is 0 Å². The molecule has 0 saturated carbocycles. The second kappa shape index (κ2) is 9.34. The summed E-state index contributed by atoms with van der Waals surface area (Å²) < 4.78 is 10.7. The molecule has 0 spiro atoms. The third-order valence-electron chi connectivity index (χ3n) is 8.06. The minimum Gasteiger partial charge on any atom is -0.493 e. The van der Waals surface area contributed by atoms with Crippen LogP contribution in [0.5, 0.6) is 11.5 Å². The first kappa shape index (κ1) is 21.6. The Morgan fingerprint density at radius 2 is 2.00 bits per heavy atom. The normalized spacial score (nSPS) is 29.4. The van der Waals surface area contributed by atoms with E-state index in [0.717, 1.165) is 42.5 Å². The third-order valence-corrected chi connectivity index (χ3v) is 8.06. The van der Waals surface area contributed by atoms with Crippen LogP contribution in [0.15, 0.2) is 29.8 Å². The number of urea groups is 1. The highest BCUT2D eigenvalue weighted by Crippen LogP contribution is 2.45. The van der Waals surface area contributed by atoms with E-state index in [-0.39, 0.29) is 6.03 Å². The van der Waals surface area contributed by atoms with Gasteiger partial charge >= 0.3 is 6.03 Å². The SMILES string of the molecule is COc1ccc(CCNC(=O)N2CCCC3=CC4C[C@@H](CN5CCCCC45)C32)cc1OC. The van der Waals surface area contributed by atoms with Crippen LogP contribution in [0, 0.1) is 11.8 Å². The average molecular weight is 440 g/mol. The molecule has 5 rings (SSSR count). The number of carbonyl (C=O) groups excluding carboxylic acids is 1. The molecule has 32 heavy (non-hydrogen) atoms. The van der Waals surface area contributed by atoms with Gasteiger partial charge in [0.25, 0.3) is 0 Å². The van der Waals surface area contributed by atoms with Gasteiger partial charge in [0, 0.05) is 25.7 Å². The van der Waals surface area contributed by atoms with Crippen LogP contribution < -0.4 is 14.8 Å². The lowest BCUT2D eigenvalue weighted by Gasteiger charge is -2.54. The van der Waals surface area contributed by atoms with Crippen molar-refractivity contribution in [3.8, 4) is 11.5 Å². The maximum atomic E-state index is 13.2. The Morgan fingerprint density at radius 3 is 2.84 bits per heavy atom. The van der Waals surface area contributed by atoms with Crippen LogP contribution in [0.3, 0.4) is 0 Å². The van der Waals surface area contributed by atoms with Crippen molar-refractivity contribution in [3.63, 3.8) is 0 Å². The molecule has 1 aromatic carbocycles. The van der Waals surface area contributed by atoms with Gasteiger partial charge in [-0.2, -0.15) is 0 Å². The van der Waals surface area contributed by atoms with E-state index in [1.165, 1.54) is 50.8 Å². The summed E-state index contributed by atoms with van der Waals surface area (Å²) in [5.74, 6) is 2.75. The first-order chi connectivity index (χ1) is 15.7. The number of nitrogens with zero attached hydrogens (tertiary/aromatic N) is 2. The number of nitrogens with one attached hydrogen (secondary N) is 1. The van der Waals surface area contributed by atoms with E-state index >= 15 is 0 Å². The monoisotopic (exact) mass is 439 g/mol. The largest absolute Gasteiger partial charge is 0.493 e. The lowest BCUT2D eigenvalue weighted by atomic mass is 9.68. The Morgan fingerprint density at radius 1 is 1.12 bits per heavy atom. The van der Waals surface area contributed by atoms with Gasteiger partial charge in [-0.25, -0.2) is 4.79 Å². The zero-order chi connectivity index (χ0) is 22.1. The van der Waals surface area contributed by atoms with Gasteiger partial charge in [-0.05, 0) is 74.6 Å². The maximum absolute atomic E-state index is 13.2. The molecule has 1 N–H and O–H groups in total. The van der Waals surface area contributed by atoms with Crippen molar-refractivity contribution < 1.29 is 14.3 Å². The number of piperidine rings is 3. The van der Waals surface area contributed by atoms with Crippen molar-refractivity contribution in [3.05, 3.63) is 35.4 Å². The van der Waals surface area contributed by atoms with Crippen LogP contribution in [-0.4, -0.2) is 68.3 Å². The van der Waals surface area contributed by atoms with Gasteiger partial charge in [-0.3, -0.25) is 4.90 Å². The number of carbonyl (C=O) groups is 1. The standard InChI is InChI=1S/C26H37N3O3/c1-31-23-9-8-18(14-24(23)32-2)10-11-27-26(30)29-13-5-6-19-15-20-16-21(25(19)29)17-28-12-4-3-7-22(20)28/h8-9,14-15,20-22,25H,3-7,10-13,16-17H2,1-2H3,(H,27,30)/t20?,21-,22?,25?/m0/s1. The molecule has 4 atom stereocenters. The highest BCUT2D eigenvalue weighted by atomic mass is 16.5. The molecular weight excluding hydrogens is 402 g/mol. The van der Waals surface area contributed by atoms with E-state index in [2.05, 4.69) is 21.2 Å². The van der Waals surface area contributed by atoms with Crippen LogP contribution in [0.4, 0.5) is 4.79 Å². The molecule has 3 unspecified atom stereocenters. The number of methoxy groups -OCH3 is 2. The van der Waals surface area contributed by atoms with Gasteiger partial charge in [0.1, 0.15) is 0 Å². The summed E-state index contributed by atoms with van der Waals surface area (Å²) in [7, 11) is 3.29. The van der Waals surface area contributed by atoms with Crippen molar-refractivity contribution in [2.24, 2.45) is 11.8 Å².